The second-order valence-corrected chi connectivity index (χ2v) is 9.74. The summed E-state index contributed by atoms with van der Waals surface area (Å²) in [5.74, 6) is -0.416. The third kappa shape index (κ3) is 8.29. The lowest BCUT2D eigenvalue weighted by atomic mass is 9.87. The number of methoxy groups -OCH3 is 1. The van der Waals surface area contributed by atoms with Crippen LogP contribution in [0.15, 0.2) is 29.4 Å². The molecule has 12 heteroatoms. The monoisotopic (exact) mass is 530 g/mol. The average Bonchev–Trinajstić information content (AvgIpc) is 3.16. The smallest absolute Gasteiger partial charge is 0.422 e. The van der Waals surface area contributed by atoms with E-state index >= 15 is 0 Å². The zero-order chi connectivity index (χ0) is 26.1. The van der Waals surface area contributed by atoms with Crippen LogP contribution in [0.3, 0.4) is 0 Å². The van der Waals surface area contributed by atoms with Gasteiger partial charge in [-0.3, -0.25) is 14.6 Å². The van der Waals surface area contributed by atoms with Crippen molar-refractivity contribution < 1.29 is 32.2 Å². The van der Waals surface area contributed by atoms with Crippen LogP contribution < -0.4 is 15.4 Å². The van der Waals surface area contributed by atoms with Crippen molar-refractivity contribution >= 4 is 29.3 Å². The molecule has 3 rings (SSSR count). The molecule has 2 N–H and O–H groups in total. The van der Waals surface area contributed by atoms with Gasteiger partial charge in [0.15, 0.2) is 6.61 Å². The minimum Gasteiger partial charge on any atom is -0.484 e. The van der Waals surface area contributed by atoms with Gasteiger partial charge in [-0.1, -0.05) is 12.1 Å². The Morgan fingerprint density at radius 3 is 2.86 bits per heavy atom. The molecule has 0 aliphatic carbocycles. The number of hydrogen-bond acceptors (Lipinski definition) is 7. The molecule has 1 saturated heterocycles. The van der Waals surface area contributed by atoms with Gasteiger partial charge in [0.2, 0.25) is 11.8 Å². The van der Waals surface area contributed by atoms with Crippen molar-refractivity contribution in [3.8, 4) is 5.75 Å². The highest BCUT2D eigenvalue weighted by Gasteiger charge is 2.46. The van der Waals surface area contributed by atoms with E-state index in [-0.39, 0.29) is 23.6 Å². The molecule has 3 atom stereocenters. The van der Waals surface area contributed by atoms with Crippen molar-refractivity contribution in [2.24, 2.45) is 11.0 Å². The Hall–Kier alpha value is -2.47. The predicted molar refractivity (Wildman–Crippen MR) is 132 cm³/mol. The molecular formula is C24H33F3N4O4S. The van der Waals surface area contributed by atoms with Crippen molar-refractivity contribution in [3.05, 3.63) is 29.8 Å². The first-order valence-electron chi connectivity index (χ1n) is 11.9. The molecule has 8 nitrogen and oxygen atoms in total. The number of halogens is 3. The zero-order valence-corrected chi connectivity index (χ0v) is 21.3. The lowest BCUT2D eigenvalue weighted by Gasteiger charge is -2.32. The second kappa shape index (κ2) is 13.2. The molecule has 3 unspecified atom stereocenters. The molecule has 1 aromatic rings. The van der Waals surface area contributed by atoms with Crippen LogP contribution in [0.25, 0.3) is 0 Å². The van der Waals surface area contributed by atoms with Gasteiger partial charge in [-0.2, -0.15) is 30.0 Å². The number of benzene rings is 1. The summed E-state index contributed by atoms with van der Waals surface area (Å²) in [5.41, 5.74) is 1.56. The minimum atomic E-state index is -4.40. The Kier molecular flexibility index (Phi) is 10.3. The van der Waals surface area contributed by atoms with Gasteiger partial charge in [-0.25, -0.2) is 0 Å². The number of carbonyl (C=O) groups excluding carboxylic acids is 2. The molecule has 0 spiro atoms. The largest absolute Gasteiger partial charge is 0.484 e. The maximum Gasteiger partial charge on any atom is 0.422 e. The molecule has 36 heavy (non-hydrogen) atoms. The SMILES string of the molecule is COCCCCN1N=C2CC(CCc3cccc(OCC(F)(F)F)c3)NC(=O)C2C1NC(=O)CSC. The Morgan fingerprint density at radius 1 is 1.33 bits per heavy atom. The topological polar surface area (TPSA) is 92.3 Å². The number of thioether (sulfide) groups is 1. The highest BCUT2D eigenvalue weighted by atomic mass is 32.2. The number of alkyl halides is 3. The number of carbonyl (C=O) groups is 2. The summed E-state index contributed by atoms with van der Waals surface area (Å²) in [6.07, 6.45) is 0.270. The van der Waals surface area contributed by atoms with Crippen LogP contribution in [0, 0.1) is 5.92 Å². The van der Waals surface area contributed by atoms with Gasteiger partial charge >= 0.3 is 6.18 Å². The Labute approximate surface area is 213 Å². The number of fused-ring (bicyclic) bond motifs is 1. The molecule has 200 valence electrons. The lowest BCUT2D eigenvalue weighted by molar-refractivity contribution is -0.153. The van der Waals surface area contributed by atoms with Crippen LogP contribution in [0.2, 0.25) is 0 Å². The second-order valence-electron chi connectivity index (χ2n) is 8.88. The fraction of sp³-hybridized carbons (Fsp3) is 0.625. The van der Waals surface area contributed by atoms with E-state index in [0.717, 1.165) is 24.1 Å². The first-order valence-corrected chi connectivity index (χ1v) is 13.3. The minimum absolute atomic E-state index is 0.145. The van der Waals surface area contributed by atoms with Crippen LogP contribution in [-0.2, 0) is 20.7 Å². The molecular weight excluding hydrogens is 497 g/mol. The molecule has 2 amide bonds. The number of piperidine rings is 1. The standard InChI is InChI=1S/C24H33F3N4O4S/c1-34-11-4-3-10-31-22(29-20(32)14-36-2)21-19(30-31)13-17(28-23(21)33)9-8-16-6-5-7-18(12-16)35-15-24(25,26)27/h5-7,12,17,21-22H,3-4,8-11,13-15H2,1-2H3,(H,28,33)(H,29,32). The van der Waals surface area contributed by atoms with E-state index in [9.17, 15) is 22.8 Å². The van der Waals surface area contributed by atoms with E-state index in [0.29, 0.717) is 38.2 Å². The van der Waals surface area contributed by atoms with Gasteiger partial charge in [0, 0.05) is 32.7 Å². The summed E-state index contributed by atoms with van der Waals surface area (Å²) in [6.45, 7) is -0.119. The van der Waals surface area contributed by atoms with Crippen LogP contribution in [0.5, 0.6) is 5.75 Å². The Balaban J connectivity index is 1.61. The van der Waals surface area contributed by atoms with Crippen LogP contribution in [-0.4, -0.2) is 79.8 Å². The number of ether oxygens (including phenoxy) is 2. The van der Waals surface area contributed by atoms with Crippen LogP contribution in [0.1, 0.15) is 31.2 Å². The summed E-state index contributed by atoms with van der Waals surface area (Å²) in [7, 11) is 1.65. The van der Waals surface area contributed by atoms with Crippen molar-refractivity contribution in [1.82, 2.24) is 15.6 Å². The molecule has 2 aliphatic rings. The number of nitrogens with zero attached hydrogens (tertiary/aromatic N) is 2. The molecule has 1 aromatic carbocycles. The molecule has 0 aromatic heterocycles. The van der Waals surface area contributed by atoms with Gasteiger partial charge < -0.3 is 20.1 Å². The van der Waals surface area contributed by atoms with E-state index in [1.165, 1.54) is 17.8 Å². The maximum atomic E-state index is 13.1. The van der Waals surface area contributed by atoms with E-state index in [1.807, 2.05) is 12.3 Å². The van der Waals surface area contributed by atoms with Gasteiger partial charge in [0.1, 0.15) is 17.8 Å². The van der Waals surface area contributed by atoms with Gasteiger partial charge in [-0.05, 0) is 49.6 Å². The lowest BCUT2D eigenvalue weighted by Crippen LogP contribution is -2.57. The summed E-state index contributed by atoms with van der Waals surface area (Å²) in [6, 6.07) is 6.39. The number of rotatable bonds is 13. The van der Waals surface area contributed by atoms with Crippen molar-refractivity contribution in [1.29, 1.82) is 0 Å². The molecule has 2 aliphatic heterocycles. The van der Waals surface area contributed by atoms with E-state index in [4.69, 9.17) is 14.6 Å². The number of nitrogens with one attached hydrogen (secondary N) is 2. The van der Waals surface area contributed by atoms with Gasteiger partial charge in [-0.15, -0.1) is 0 Å². The summed E-state index contributed by atoms with van der Waals surface area (Å²) in [4.78, 5) is 25.4. The number of aryl methyl sites for hydroxylation is 1. The highest BCUT2D eigenvalue weighted by molar-refractivity contribution is 7.99. The van der Waals surface area contributed by atoms with E-state index < -0.39 is 24.9 Å². The quantitative estimate of drug-likeness (QED) is 0.381. The number of amides is 2. The third-order valence-corrected chi connectivity index (χ3v) is 6.54. The predicted octanol–water partition coefficient (Wildman–Crippen LogP) is 2.97. The normalized spacial score (nSPS) is 21.6. The van der Waals surface area contributed by atoms with Crippen molar-refractivity contribution in [2.75, 3.05) is 38.9 Å². The number of hydrogen-bond donors (Lipinski definition) is 2. The maximum absolute atomic E-state index is 13.1. The molecule has 0 radical (unpaired) electrons. The van der Waals surface area contributed by atoms with Crippen molar-refractivity contribution in [2.45, 2.75) is 50.5 Å². The first-order chi connectivity index (χ1) is 17.2. The van der Waals surface area contributed by atoms with E-state index in [2.05, 4.69) is 10.6 Å². The van der Waals surface area contributed by atoms with Crippen LogP contribution in [0.4, 0.5) is 13.2 Å². The van der Waals surface area contributed by atoms with Gasteiger partial charge in [0.05, 0.1) is 11.5 Å². The zero-order valence-electron chi connectivity index (χ0n) is 20.5. The van der Waals surface area contributed by atoms with Crippen molar-refractivity contribution in [3.63, 3.8) is 0 Å². The number of hydrazone groups is 1. The molecule has 0 bridgehead atoms. The van der Waals surface area contributed by atoms with E-state index in [1.54, 1.807) is 24.3 Å². The third-order valence-electron chi connectivity index (χ3n) is 5.99. The molecule has 2 heterocycles. The highest BCUT2D eigenvalue weighted by Crippen LogP contribution is 2.29. The Morgan fingerprint density at radius 2 is 2.14 bits per heavy atom. The first kappa shape index (κ1) is 28.1. The molecule has 1 fully saturated rings. The fourth-order valence-electron chi connectivity index (χ4n) is 4.38. The number of unbranched alkanes of at least 4 members (excludes halogenated alkanes) is 1. The summed E-state index contributed by atoms with van der Waals surface area (Å²) >= 11 is 1.41. The van der Waals surface area contributed by atoms with Gasteiger partial charge in [0.25, 0.3) is 0 Å². The fourth-order valence-corrected chi connectivity index (χ4v) is 4.72. The average molecular weight is 531 g/mol. The molecule has 0 saturated carbocycles. The summed E-state index contributed by atoms with van der Waals surface area (Å²) < 4.78 is 47.2. The summed E-state index contributed by atoms with van der Waals surface area (Å²) in [5, 5.41) is 12.5. The van der Waals surface area contributed by atoms with Crippen LogP contribution >= 0.6 is 11.8 Å². The Bertz CT molecular complexity index is 931.